The summed E-state index contributed by atoms with van der Waals surface area (Å²) >= 11 is 3.94. The largest absolute Gasteiger partial charge is 0.316 e. The van der Waals surface area contributed by atoms with Crippen LogP contribution >= 0.6 is 23.1 Å². The molecule has 1 aliphatic carbocycles. The summed E-state index contributed by atoms with van der Waals surface area (Å²) in [7, 11) is 2.11. The van der Waals surface area contributed by atoms with Gasteiger partial charge in [0.1, 0.15) is 0 Å². The zero-order valence-electron chi connectivity index (χ0n) is 10.3. The summed E-state index contributed by atoms with van der Waals surface area (Å²) in [4.78, 5) is 0. The summed E-state index contributed by atoms with van der Waals surface area (Å²) in [5.41, 5.74) is 0. The van der Waals surface area contributed by atoms with Crippen molar-refractivity contribution in [2.24, 2.45) is 11.8 Å². The third kappa shape index (κ3) is 2.82. The van der Waals surface area contributed by atoms with Crippen LogP contribution in [0.3, 0.4) is 0 Å². The standard InChI is InChI=1S/C13H21NS2/c1-9-7-10(2)13(11(8-9)14-3)16-12-5-4-6-15-12/h4-6,9-11,13-14H,7-8H2,1-3H3. The lowest BCUT2D eigenvalue weighted by molar-refractivity contribution is 0.257. The molecule has 0 aliphatic heterocycles. The normalized spacial score (nSPS) is 35.2. The predicted octanol–water partition coefficient (Wildman–Crippen LogP) is 3.86. The van der Waals surface area contributed by atoms with Crippen LogP contribution in [0.4, 0.5) is 0 Å². The molecule has 4 atom stereocenters. The van der Waals surface area contributed by atoms with Crippen molar-refractivity contribution >= 4 is 23.1 Å². The molecule has 1 aromatic heterocycles. The minimum absolute atomic E-state index is 0.672. The molecule has 0 amide bonds. The maximum Gasteiger partial charge on any atom is 0.0601 e. The lowest BCUT2D eigenvalue weighted by Crippen LogP contribution is -2.44. The van der Waals surface area contributed by atoms with Crippen LogP contribution in [0.15, 0.2) is 21.7 Å². The Morgan fingerprint density at radius 3 is 2.81 bits per heavy atom. The summed E-state index contributed by atoms with van der Waals surface area (Å²) in [6.07, 6.45) is 2.70. The van der Waals surface area contributed by atoms with Gasteiger partial charge >= 0.3 is 0 Å². The van der Waals surface area contributed by atoms with Crippen LogP contribution in [0.1, 0.15) is 26.7 Å². The van der Waals surface area contributed by atoms with Gasteiger partial charge < -0.3 is 5.32 Å². The fourth-order valence-electron chi connectivity index (χ4n) is 2.77. The zero-order valence-corrected chi connectivity index (χ0v) is 11.9. The van der Waals surface area contributed by atoms with E-state index >= 15 is 0 Å². The Balaban J connectivity index is 2.05. The van der Waals surface area contributed by atoms with Crippen molar-refractivity contribution in [3.8, 4) is 0 Å². The second-order valence-electron chi connectivity index (χ2n) is 4.96. The molecule has 2 rings (SSSR count). The molecule has 90 valence electrons. The molecule has 1 saturated carbocycles. The number of nitrogens with one attached hydrogen (secondary N) is 1. The second-order valence-corrected chi connectivity index (χ2v) is 7.39. The summed E-state index contributed by atoms with van der Waals surface area (Å²) < 4.78 is 1.46. The van der Waals surface area contributed by atoms with Gasteiger partial charge in [-0.25, -0.2) is 0 Å². The van der Waals surface area contributed by atoms with Gasteiger partial charge in [-0.2, -0.15) is 0 Å². The van der Waals surface area contributed by atoms with Gasteiger partial charge in [-0.3, -0.25) is 0 Å². The number of rotatable bonds is 3. The van der Waals surface area contributed by atoms with E-state index in [2.05, 4.69) is 55.5 Å². The van der Waals surface area contributed by atoms with E-state index in [1.165, 1.54) is 17.1 Å². The number of hydrogen-bond acceptors (Lipinski definition) is 3. The molecule has 0 spiro atoms. The maximum atomic E-state index is 3.51. The van der Waals surface area contributed by atoms with E-state index in [9.17, 15) is 0 Å². The molecule has 16 heavy (non-hydrogen) atoms. The van der Waals surface area contributed by atoms with Crippen LogP contribution in [0.2, 0.25) is 0 Å². The van der Waals surface area contributed by atoms with E-state index in [1.807, 2.05) is 11.3 Å². The van der Waals surface area contributed by atoms with Crippen molar-refractivity contribution < 1.29 is 0 Å². The van der Waals surface area contributed by atoms with E-state index in [0.717, 1.165) is 17.1 Å². The first-order valence-electron chi connectivity index (χ1n) is 6.08. The minimum Gasteiger partial charge on any atom is -0.316 e. The van der Waals surface area contributed by atoms with Gasteiger partial charge in [0, 0.05) is 11.3 Å². The molecule has 0 aromatic carbocycles. The van der Waals surface area contributed by atoms with Gasteiger partial charge in [-0.1, -0.05) is 19.9 Å². The molecular weight excluding hydrogens is 234 g/mol. The molecule has 0 radical (unpaired) electrons. The number of hydrogen-bond donors (Lipinski definition) is 1. The average Bonchev–Trinajstić information content (AvgIpc) is 2.74. The molecule has 1 fully saturated rings. The molecule has 1 N–H and O–H groups in total. The molecule has 1 heterocycles. The Morgan fingerprint density at radius 2 is 2.19 bits per heavy atom. The van der Waals surface area contributed by atoms with Crippen LogP contribution < -0.4 is 5.32 Å². The van der Waals surface area contributed by atoms with Crippen molar-refractivity contribution in [3.05, 3.63) is 17.5 Å². The van der Waals surface area contributed by atoms with Crippen LogP contribution in [-0.4, -0.2) is 18.3 Å². The monoisotopic (exact) mass is 255 g/mol. The first kappa shape index (κ1) is 12.5. The predicted molar refractivity (Wildman–Crippen MR) is 74.4 cm³/mol. The smallest absolute Gasteiger partial charge is 0.0601 e. The van der Waals surface area contributed by atoms with Crippen LogP contribution in [0.25, 0.3) is 0 Å². The highest BCUT2D eigenvalue weighted by Gasteiger charge is 2.33. The van der Waals surface area contributed by atoms with Crippen molar-refractivity contribution in [1.82, 2.24) is 5.32 Å². The molecule has 3 heteroatoms. The third-order valence-electron chi connectivity index (χ3n) is 3.51. The first-order chi connectivity index (χ1) is 7.70. The SMILES string of the molecule is CNC1CC(C)CC(C)C1Sc1cccs1. The highest BCUT2D eigenvalue weighted by atomic mass is 32.2. The topological polar surface area (TPSA) is 12.0 Å². The summed E-state index contributed by atoms with van der Waals surface area (Å²) in [6.45, 7) is 4.79. The fourth-order valence-corrected chi connectivity index (χ4v) is 5.13. The fraction of sp³-hybridized carbons (Fsp3) is 0.692. The quantitative estimate of drug-likeness (QED) is 0.880. The Labute approximate surface area is 107 Å². The lowest BCUT2D eigenvalue weighted by atomic mass is 9.80. The Kier molecular flexibility index (Phi) is 4.34. The lowest BCUT2D eigenvalue weighted by Gasteiger charge is -2.38. The maximum absolute atomic E-state index is 3.51. The molecule has 1 nitrogen and oxygen atoms in total. The number of thioether (sulfide) groups is 1. The number of thiophene rings is 1. The van der Waals surface area contributed by atoms with E-state index in [-0.39, 0.29) is 0 Å². The highest BCUT2D eigenvalue weighted by molar-refractivity contribution is 8.01. The van der Waals surface area contributed by atoms with Crippen LogP contribution in [0.5, 0.6) is 0 Å². The van der Waals surface area contributed by atoms with Gasteiger partial charge in [0.05, 0.1) is 4.21 Å². The van der Waals surface area contributed by atoms with Crippen molar-refractivity contribution in [2.45, 2.75) is 42.2 Å². The molecule has 1 aromatic rings. The highest BCUT2D eigenvalue weighted by Crippen LogP contribution is 2.40. The van der Waals surface area contributed by atoms with Crippen molar-refractivity contribution in [1.29, 1.82) is 0 Å². The minimum atomic E-state index is 0.672. The van der Waals surface area contributed by atoms with Crippen molar-refractivity contribution in [3.63, 3.8) is 0 Å². The molecule has 0 bridgehead atoms. The molecule has 0 saturated heterocycles. The molecule has 4 unspecified atom stereocenters. The van der Waals surface area contributed by atoms with E-state index in [0.29, 0.717) is 6.04 Å². The molecular formula is C13H21NS2. The van der Waals surface area contributed by atoms with Crippen LogP contribution in [-0.2, 0) is 0 Å². The Morgan fingerprint density at radius 1 is 1.38 bits per heavy atom. The summed E-state index contributed by atoms with van der Waals surface area (Å²) in [5.74, 6) is 1.68. The van der Waals surface area contributed by atoms with Gasteiger partial charge in [-0.15, -0.1) is 23.1 Å². The van der Waals surface area contributed by atoms with Gasteiger partial charge in [0.25, 0.3) is 0 Å². The second kappa shape index (κ2) is 5.56. The van der Waals surface area contributed by atoms with E-state index in [4.69, 9.17) is 0 Å². The Hall–Kier alpha value is 0.01000. The van der Waals surface area contributed by atoms with Crippen molar-refractivity contribution in [2.75, 3.05) is 7.05 Å². The third-order valence-corrected chi connectivity index (χ3v) is 6.18. The van der Waals surface area contributed by atoms with E-state index < -0.39 is 0 Å². The zero-order chi connectivity index (χ0) is 11.5. The van der Waals surface area contributed by atoms with E-state index in [1.54, 1.807) is 0 Å². The van der Waals surface area contributed by atoms with Gasteiger partial charge in [0.15, 0.2) is 0 Å². The summed E-state index contributed by atoms with van der Waals surface area (Å²) in [6, 6.07) is 5.07. The summed E-state index contributed by atoms with van der Waals surface area (Å²) in [5, 5.41) is 6.42. The first-order valence-corrected chi connectivity index (χ1v) is 7.84. The van der Waals surface area contributed by atoms with Crippen LogP contribution in [0, 0.1) is 11.8 Å². The van der Waals surface area contributed by atoms with Gasteiger partial charge in [-0.05, 0) is 43.2 Å². The van der Waals surface area contributed by atoms with Gasteiger partial charge in [0.2, 0.25) is 0 Å². The Bertz CT molecular complexity index is 310. The average molecular weight is 255 g/mol. The molecule has 1 aliphatic rings.